The number of nitrogens with one attached hydrogen (secondary N) is 2. The molecule has 0 fully saturated rings. The van der Waals surface area contributed by atoms with Gasteiger partial charge >= 0.3 is 6.03 Å². The summed E-state index contributed by atoms with van der Waals surface area (Å²) in [6.07, 6.45) is 0. The highest BCUT2D eigenvalue weighted by molar-refractivity contribution is 7.89. The zero-order valence-corrected chi connectivity index (χ0v) is 17.4. The van der Waals surface area contributed by atoms with Crippen LogP contribution < -0.4 is 10.6 Å². The van der Waals surface area contributed by atoms with E-state index in [0.29, 0.717) is 11.4 Å². The van der Waals surface area contributed by atoms with Crippen molar-refractivity contribution in [1.29, 1.82) is 0 Å². The van der Waals surface area contributed by atoms with Crippen molar-refractivity contribution >= 4 is 27.4 Å². The van der Waals surface area contributed by atoms with Crippen LogP contribution in [0.3, 0.4) is 0 Å². The predicted molar refractivity (Wildman–Crippen MR) is 110 cm³/mol. The highest BCUT2D eigenvalue weighted by atomic mass is 32.2. The molecule has 2 amide bonds. The van der Waals surface area contributed by atoms with Crippen LogP contribution in [0.2, 0.25) is 0 Å². The second kappa shape index (κ2) is 7.70. The molecule has 0 aliphatic carbocycles. The van der Waals surface area contributed by atoms with E-state index in [1.54, 1.807) is 13.0 Å². The van der Waals surface area contributed by atoms with Crippen LogP contribution in [0.5, 0.6) is 0 Å². The Morgan fingerprint density at radius 3 is 2.07 bits per heavy atom. The minimum Gasteiger partial charge on any atom is -0.308 e. The number of amides is 2. The number of urea groups is 1. The zero-order chi connectivity index (χ0) is 20.4. The van der Waals surface area contributed by atoms with Crippen molar-refractivity contribution in [2.45, 2.75) is 38.0 Å². The number of hydrogen-bond acceptors (Lipinski definition) is 3. The Hall–Kier alpha value is -2.38. The van der Waals surface area contributed by atoms with E-state index in [2.05, 4.69) is 31.4 Å². The summed E-state index contributed by atoms with van der Waals surface area (Å²) in [6.45, 7) is 8.18. The Balaban J connectivity index is 2.16. The molecule has 2 aromatic rings. The molecule has 0 aromatic heterocycles. The quantitative estimate of drug-likeness (QED) is 0.823. The van der Waals surface area contributed by atoms with Gasteiger partial charge in [0, 0.05) is 25.5 Å². The molecule has 0 bridgehead atoms. The number of anilines is 2. The number of nitrogens with zero attached hydrogens (tertiary/aromatic N) is 1. The second-order valence-corrected chi connectivity index (χ2v) is 9.82. The summed E-state index contributed by atoms with van der Waals surface area (Å²) in [5.74, 6) is 0. The topological polar surface area (TPSA) is 78.5 Å². The van der Waals surface area contributed by atoms with Gasteiger partial charge in [-0.15, -0.1) is 0 Å². The molecule has 7 heteroatoms. The Morgan fingerprint density at radius 2 is 1.56 bits per heavy atom. The van der Waals surface area contributed by atoms with Crippen LogP contribution in [-0.4, -0.2) is 32.8 Å². The first-order valence-corrected chi connectivity index (χ1v) is 10.1. The monoisotopic (exact) mass is 389 g/mol. The summed E-state index contributed by atoms with van der Waals surface area (Å²) < 4.78 is 25.7. The van der Waals surface area contributed by atoms with E-state index in [0.717, 1.165) is 9.87 Å². The molecule has 0 saturated carbocycles. The normalized spacial score (nSPS) is 12.1. The van der Waals surface area contributed by atoms with E-state index in [1.165, 1.54) is 31.8 Å². The van der Waals surface area contributed by atoms with E-state index < -0.39 is 16.1 Å². The number of carbonyl (C=O) groups excluding carboxylic acids is 1. The molecule has 2 rings (SSSR count). The highest BCUT2D eigenvalue weighted by Gasteiger charge is 2.19. The minimum absolute atomic E-state index is 0.0380. The van der Waals surface area contributed by atoms with E-state index in [-0.39, 0.29) is 10.3 Å². The molecular formula is C20H27N3O3S. The van der Waals surface area contributed by atoms with Gasteiger partial charge in [0.05, 0.1) is 4.90 Å². The Kier molecular flexibility index (Phi) is 5.97. The lowest BCUT2D eigenvalue weighted by atomic mass is 9.87. The molecule has 0 aliphatic heterocycles. The first kappa shape index (κ1) is 20.9. The van der Waals surface area contributed by atoms with Gasteiger partial charge in [-0.2, -0.15) is 0 Å². The van der Waals surface area contributed by atoms with Crippen LogP contribution in [-0.2, 0) is 15.4 Å². The van der Waals surface area contributed by atoms with Crippen molar-refractivity contribution in [3.05, 3.63) is 53.6 Å². The van der Waals surface area contributed by atoms with Crippen molar-refractivity contribution in [2.75, 3.05) is 24.7 Å². The van der Waals surface area contributed by atoms with Gasteiger partial charge in [-0.05, 0) is 47.7 Å². The summed E-state index contributed by atoms with van der Waals surface area (Å²) in [5.41, 5.74) is 3.09. The number of carbonyl (C=O) groups is 1. The maximum atomic E-state index is 12.3. The molecule has 0 aliphatic rings. The Morgan fingerprint density at radius 1 is 0.963 bits per heavy atom. The average molecular weight is 390 g/mol. The van der Waals surface area contributed by atoms with Crippen LogP contribution in [0.15, 0.2) is 47.4 Å². The van der Waals surface area contributed by atoms with E-state index >= 15 is 0 Å². The van der Waals surface area contributed by atoms with Gasteiger partial charge in [-0.3, -0.25) is 0 Å². The molecule has 0 unspecified atom stereocenters. The summed E-state index contributed by atoms with van der Waals surface area (Å²) in [4.78, 5) is 12.5. The molecule has 0 heterocycles. The summed E-state index contributed by atoms with van der Waals surface area (Å²) in [7, 11) is -0.631. The number of benzene rings is 2. The number of rotatable bonds is 4. The molecule has 6 nitrogen and oxygen atoms in total. The third kappa shape index (κ3) is 5.08. The highest BCUT2D eigenvalue weighted by Crippen LogP contribution is 2.24. The van der Waals surface area contributed by atoms with Gasteiger partial charge in [-0.1, -0.05) is 39.0 Å². The van der Waals surface area contributed by atoms with E-state index in [9.17, 15) is 13.2 Å². The largest absolute Gasteiger partial charge is 0.323 e. The molecular weight excluding hydrogens is 362 g/mol. The molecule has 0 radical (unpaired) electrons. The molecule has 27 heavy (non-hydrogen) atoms. The van der Waals surface area contributed by atoms with Gasteiger partial charge in [0.25, 0.3) is 0 Å². The zero-order valence-electron chi connectivity index (χ0n) is 16.6. The maximum absolute atomic E-state index is 12.3. The van der Waals surface area contributed by atoms with Gasteiger partial charge in [-0.25, -0.2) is 17.5 Å². The number of sulfonamides is 1. The lowest BCUT2D eigenvalue weighted by Crippen LogP contribution is -2.23. The second-order valence-electron chi connectivity index (χ2n) is 7.67. The van der Waals surface area contributed by atoms with E-state index in [1.807, 2.05) is 24.3 Å². The summed E-state index contributed by atoms with van der Waals surface area (Å²) in [5, 5.41) is 5.49. The fourth-order valence-electron chi connectivity index (χ4n) is 2.45. The maximum Gasteiger partial charge on any atom is 0.323 e. The van der Waals surface area contributed by atoms with Crippen molar-refractivity contribution in [1.82, 2.24) is 4.31 Å². The van der Waals surface area contributed by atoms with Crippen molar-refractivity contribution in [3.63, 3.8) is 0 Å². The standard InChI is InChI=1S/C20H27N3O3S/c1-14-7-12-17(27(25,26)23(5)6)13-18(14)22-19(24)21-16-10-8-15(9-11-16)20(2,3)4/h7-13H,1-6H3,(H2,21,22,24). The number of aryl methyl sites for hydroxylation is 1. The summed E-state index contributed by atoms with van der Waals surface area (Å²) >= 11 is 0. The lowest BCUT2D eigenvalue weighted by molar-refractivity contribution is 0.262. The molecule has 0 atom stereocenters. The third-order valence-corrected chi connectivity index (χ3v) is 6.06. The van der Waals surface area contributed by atoms with Crippen LogP contribution in [0.1, 0.15) is 31.9 Å². The molecule has 0 spiro atoms. The smallest absolute Gasteiger partial charge is 0.308 e. The van der Waals surface area contributed by atoms with Gasteiger partial charge in [0.15, 0.2) is 0 Å². The van der Waals surface area contributed by atoms with Gasteiger partial charge in [0.2, 0.25) is 10.0 Å². The van der Waals surface area contributed by atoms with Gasteiger partial charge < -0.3 is 10.6 Å². The van der Waals surface area contributed by atoms with Crippen molar-refractivity contribution in [3.8, 4) is 0 Å². The van der Waals surface area contributed by atoms with Crippen molar-refractivity contribution < 1.29 is 13.2 Å². The minimum atomic E-state index is -3.57. The van der Waals surface area contributed by atoms with Crippen LogP contribution in [0.25, 0.3) is 0 Å². The molecule has 0 saturated heterocycles. The molecule has 2 aromatic carbocycles. The SMILES string of the molecule is Cc1ccc(S(=O)(=O)N(C)C)cc1NC(=O)Nc1ccc(C(C)(C)C)cc1. The lowest BCUT2D eigenvalue weighted by Gasteiger charge is -2.19. The third-order valence-electron chi connectivity index (χ3n) is 4.24. The first-order chi connectivity index (χ1) is 12.4. The van der Waals surface area contributed by atoms with E-state index in [4.69, 9.17) is 0 Å². The van der Waals surface area contributed by atoms with Crippen LogP contribution in [0.4, 0.5) is 16.2 Å². The summed E-state index contributed by atoms with van der Waals surface area (Å²) in [6, 6.07) is 11.9. The fourth-order valence-corrected chi connectivity index (χ4v) is 3.37. The van der Waals surface area contributed by atoms with Crippen molar-refractivity contribution in [2.24, 2.45) is 0 Å². The fraction of sp³-hybridized carbons (Fsp3) is 0.350. The number of hydrogen-bond donors (Lipinski definition) is 2. The average Bonchev–Trinajstić information content (AvgIpc) is 2.56. The predicted octanol–water partition coefficient (Wildman–Crippen LogP) is 4.19. The molecule has 146 valence electrons. The van der Waals surface area contributed by atoms with Crippen LogP contribution >= 0.6 is 0 Å². The Bertz CT molecular complexity index is 928. The molecule has 2 N–H and O–H groups in total. The van der Waals surface area contributed by atoms with Crippen LogP contribution in [0, 0.1) is 6.92 Å². The van der Waals surface area contributed by atoms with Gasteiger partial charge in [0.1, 0.15) is 0 Å². The Labute approximate surface area is 161 Å². The first-order valence-electron chi connectivity index (χ1n) is 8.63.